The summed E-state index contributed by atoms with van der Waals surface area (Å²) in [6, 6.07) is 14.6. The summed E-state index contributed by atoms with van der Waals surface area (Å²) in [4.78, 5) is 27.6. The van der Waals surface area contributed by atoms with Crippen molar-refractivity contribution >= 4 is 40.8 Å². The van der Waals surface area contributed by atoms with Gasteiger partial charge >= 0.3 is 5.97 Å². The van der Waals surface area contributed by atoms with E-state index in [-0.39, 0.29) is 32.2 Å². The van der Waals surface area contributed by atoms with Crippen LogP contribution in [0.15, 0.2) is 60.7 Å². The molecule has 3 aromatic rings. The van der Waals surface area contributed by atoms with E-state index in [9.17, 15) is 20.0 Å². The van der Waals surface area contributed by atoms with Gasteiger partial charge in [-0.1, -0.05) is 69.1 Å². The van der Waals surface area contributed by atoms with Gasteiger partial charge < -0.3 is 10.4 Å². The fraction of sp³-hybridized carbons (Fsp3) is 0.364. The molecule has 0 radical (unpaired) electrons. The number of anilines is 1. The Hall–Kier alpha value is -3.51. The number of likely N-dealkylation sites (tertiary alicyclic amines) is 1. The van der Waals surface area contributed by atoms with E-state index in [0.29, 0.717) is 25.1 Å². The average molecular weight is 629 g/mol. The summed E-state index contributed by atoms with van der Waals surface area (Å²) >= 11 is 12.4. The molecule has 0 aromatic heterocycles. The van der Waals surface area contributed by atoms with Gasteiger partial charge in [0.2, 0.25) is 5.91 Å². The lowest BCUT2D eigenvalue weighted by Gasteiger charge is -2.39. The number of carbonyl (C=O) groups is 2. The van der Waals surface area contributed by atoms with Crippen LogP contribution in [0.2, 0.25) is 10.0 Å². The summed E-state index contributed by atoms with van der Waals surface area (Å²) in [7, 11) is 0. The molecule has 1 amide bonds. The number of carboxylic acids is 1. The van der Waals surface area contributed by atoms with Crippen LogP contribution in [0.1, 0.15) is 67.9 Å². The lowest BCUT2D eigenvalue weighted by Crippen LogP contribution is -2.48. The molecular weight excluding hydrogens is 595 g/mol. The summed E-state index contributed by atoms with van der Waals surface area (Å²) in [5, 5.41) is 23.2. The minimum absolute atomic E-state index is 0.0141. The summed E-state index contributed by atoms with van der Waals surface area (Å²) in [5.74, 6) is -4.38. The first kappa shape index (κ1) is 32.4. The predicted molar refractivity (Wildman–Crippen MR) is 164 cm³/mol. The number of nitrogens with zero attached hydrogens (tertiary/aromatic N) is 2. The lowest BCUT2D eigenvalue weighted by molar-refractivity contribution is -0.121. The highest BCUT2D eigenvalue weighted by atomic mass is 35.5. The molecule has 1 saturated heterocycles. The molecule has 0 spiro atoms. The molecule has 0 aliphatic carbocycles. The number of carboxylic acid groups (broad SMARTS) is 1. The number of benzene rings is 3. The van der Waals surface area contributed by atoms with Crippen LogP contribution in [-0.2, 0) is 10.2 Å². The van der Waals surface area contributed by atoms with Crippen molar-refractivity contribution in [2.45, 2.75) is 64.0 Å². The topological polar surface area (TPSA) is 93.4 Å². The number of rotatable bonds is 8. The van der Waals surface area contributed by atoms with Crippen LogP contribution < -0.4 is 5.32 Å². The van der Waals surface area contributed by atoms with Crippen LogP contribution in [0.4, 0.5) is 14.5 Å². The second-order valence-electron chi connectivity index (χ2n) is 12.1. The molecule has 0 saturated carbocycles. The zero-order valence-electron chi connectivity index (χ0n) is 24.3. The number of nitriles is 1. The Bertz CT molecular complexity index is 1570. The Morgan fingerprint density at radius 2 is 1.77 bits per heavy atom. The van der Waals surface area contributed by atoms with Crippen molar-refractivity contribution in [1.29, 1.82) is 5.26 Å². The number of hydrogen-bond acceptors (Lipinski definition) is 4. The van der Waals surface area contributed by atoms with Crippen LogP contribution >= 0.6 is 23.2 Å². The predicted octanol–water partition coefficient (Wildman–Crippen LogP) is 8.05. The fourth-order valence-electron chi connectivity index (χ4n) is 6.28. The molecule has 3 aromatic carbocycles. The van der Waals surface area contributed by atoms with Crippen LogP contribution in [0.3, 0.4) is 0 Å². The first-order valence-electron chi connectivity index (χ1n) is 14.0. The maximum Gasteiger partial charge on any atom is 0.335 e. The molecule has 1 aliphatic rings. The highest BCUT2D eigenvalue weighted by Gasteiger charge is 2.64. The minimum Gasteiger partial charge on any atom is -0.478 e. The highest BCUT2D eigenvalue weighted by Crippen LogP contribution is 2.56. The minimum atomic E-state index is -1.74. The highest BCUT2D eigenvalue weighted by molar-refractivity contribution is 6.31. The van der Waals surface area contributed by atoms with Gasteiger partial charge in [0.25, 0.3) is 0 Å². The Morgan fingerprint density at radius 3 is 2.33 bits per heavy atom. The quantitative estimate of drug-likeness (QED) is 0.263. The number of aromatic carboxylic acids is 1. The van der Waals surface area contributed by atoms with Crippen molar-refractivity contribution in [3.05, 3.63) is 99.0 Å². The molecule has 1 fully saturated rings. The molecule has 2 N–H and O–H groups in total. The number of halogens is 4. The fourth-order valence-corrected chi connectivity index (χ4v) is 6.62. The number of hydrogen-bond donors (Lipinski definition) is 2. The maximum atomic E-state index is 16.0. The van der Waals surface area contributed by atoms with Crippen molar-refractivity contribution in [3.8, 4) is 6.07 Å². The van der Waals surface area contributed by atoms with Crippen molar-refractivity contribution in [2.24, 2.45) is 5.41 Å². The standard InChI is InChI=1S/C33H33Cl2F2N3O3/c1-5-15-40-26(17-32(2,3)4)33(18-38,23-14-11-20(34)16-25(23)36)27(22-7-6-8-24(35)28(22)37)29(40)30(41)39-21-12-9-19(10-13-21)31(42)43/h6-14,16,26-27,29H,5,15,17H2,1-4H3,(H,39,41)(H,42,43)/t26-,27-,29+,33-/m0/s1. The first-order chi connectivity index (χ1) is 20.2. The van der Waals surface area contributed by atoms with E-state index in [4.69, 9.17) is 23.2 Å². The molecule has 10 heteroatoms. The molecule has 4 rings (SSSR count). The Kier molecular flexibility index (Phi) is 9.51. The van der Waals surface area contributed by atoms with Crippen LogP contribution in [0, 0.1) is 28.4 Å². The van der Waals surface area contributed by atoms with Crippen LogP contribution in [-0.4, -0.2) is 40.5 Å². The van der Waals surface area contributed by atoms with Gasteiger partial charge in [0.05, 0.1) is 22.7 Å². The molecule has 43 heavy (non-hydrogen) atoms. The number of amides is 1. The van der Waals surface area contributed by atoms with E-state index in [1.165, 1.54) is 48.5 Å². The third kappa shape index (κ3) is 6.26. The molecular formula is C33H33Cl2F2N3O3. The van der Waals surface area contributed by atoms with E-state index < -0.39 is 46.9 Å². The maximum absolute atomic E-state index is 16.0. The molecule has 0 unspecified atom stereocenters. The van der Waals surface area contributed by atoms with Gasteiger partial charge in [-0.25, -0.2) is 13.6 Å². The van der Waals surface area contributed by atoms with Gasteiger partial charge in [-0.2, -0.15) is 5.26 Å². The zero-order chi connectivity index (χ0) is 31.7. The Balaban J connectivity index is 2.03. The monoisotopic (exact) mass is 627 g/mol. The van der Waals surface area contributed by atoms with Crippen LogP contribution in [0.5, 0.6) is 0 Å². The third-order valence-corrected chi connectivity index (χ3v) is 8.45. The smallest absolute Gasteiger partial charge is 0.335 e. The van der Waals surface area contributed by atoms with E-state index in [1.807, 2.05) is 32.6 Å². The largest absolute Gasteiger partial charge is 0.478 e. The van der Waals surface area contributed by atoms with E-state index in [0.717, 1.165) is 6.07 Å². The number of nitrogens with one attached hydrogen (secondary N) is 1. The third-order valence-electron chi connectivity index (χ3n) is 7.92. The Labute approximate surface area is 260 Å². The van der Waals surface area contributed by atoms with Crippen molar-refractivity contribution in [2.75, 3.05) is 11.9 Å². The lowest BCUT2D eigenvalue weighted by atomic mass is 9.62. The van der Waals surface area contributed by atoms with Crippen molar-refractivity contribution in [1.82, 2.24) is 4.90 Å². The first-order valence-corrected chi connectivity index (χ1v) is 14.7. The van der Waals surface area contributed by atoms with Gasteiger partial charge in [0.15, 0.2) is 0 Å². The Morgan fingerprint density at radius 1 is 1.09 bits per heavy atom. The van der Waals surface area contributed by atoms with Gasteiger partial charge in [0.1, 0.15) is 17.0 Å². The van der Waals surface area contributed by atoms with Gasteiger partial charge in [-0.3, -0.25) is 9.69 Å². The van der Waals surface area contributed by atoms with E-state index >= 15 is 8.78 Å². The normalized spacial score (nSPS) is 22.3. The summed E-state index contributed by atoms with van der Waals surface area (Å²) < 4.78 is 32.0. The summed E-state index contributed by atoms with van der Waals surface area (Å²) in [6.07, 6.45) is 0.964. The summed E-state index contributed by atoms with van der Waals surface area (Å²) in [5.41, 5.74) is -1.73. The number of carbonyl (C=O) groups excluding carboxylic acids is 1. The van der Waals surface area contributed by atoms with Gasteiger partial charge in [0, 0.05) is 28.2 Å². The molecule has 6 nitrogen and oxygen atoms in total. The second kappa shape index (κ2) is 12.6. The molecule has 1 heterocycles. The van der Waals surface area contributed by atoms with Crippen LogP contribution in [0.25, 0.3) is 0 Å². The molecule has 0 bridgehead atoms. The van der Waals surface area contributed by atoms with Gasteiger partial charge in [-0.15, -0.1) is 0 Å². The molecule has 1 aliphatic heterocycles. The second-order valence-corrected chi connectivity index (χ2v) is 12.9. The van der Waals surface area contributed by atoms with Gasteiger partial charge in [-0.05, 0) is 72.8 Å². The van der Waals surface area contributed by atoms with E-state index in [1.54, 1.807) is 6.07 Å². The molecule has 4 atom stereocenters. The van der Waals surface area contributed by atoms with Crippen molar-refractivity contribution in [3.63, 3.8) is 0 Å². The summed E-state index contributed by atoms with van der Waals surface area (Å²) in [6.45, 7) is 8.25. The zero-order valence-corrected chi connectivity index (χ0v) is 25.8. The van der Waals surface area contributed by atoms with Crippen molar-refractivity contribution < 1.29 is 23.5 Å². The average Bonchev–Trinajstić information content (AvgIpc) is 3.19. The van der Waals surface area contributed by atoms with E-state index in [2.05, 4.69) is 11.4 Å². The SMILES string of the molecule is CCCN1[C@@H](CC(C)(C)C)[C@](C#N)(c2ccc(Cl)cc2F)[C@@H](c2cccc(Cl)c2F)[C@@H]1C(=O)Nc1ccc(C(=O)O)cc1. The molecule has 226 valence electrons.